The maximum absolute atomic E-state index is 4.97. The predicted octanol–water partition coefficient (Wildman–Crippen LogP) is 3.26. The van der Waals surface area contributed by atoms with Crippen molar-refractivity contribution in [1.82, 2.24) is 10.3 Å². The first kappa shape index (κ1) is 18.9. The van der Waals surface area contributed by atoms with Gasteiger partial charge >= 0.3 is 0 Å². The normalized spacial score (nSPS) is 9.85. The minimum Gasteiger partial charge on any atom is -0.383 e. The number of nitrogens with one attached hydrogen (secondary N) is 2. The van der Waals surface area contributed by atoms with Gasteiger partial charge in [0.25, 0.3) is 0 Å². The fourth-order valence-electron chi connectivity index (χ4n) is 1.82. The first-order valence-corrected chi connectivity index (χ1v) is 7.62. The average Bonchev–Trinajstić information content (AvgIpc) is 2.50. The number of nitrogens with zero attached hydrogens (tertiary/aromatic N) is 1. The zero-order valence-electron chi connectivity index (χ0n) is 13.8. The fourth-order valence-corrected chi connectivity index (χ4v) is 1.82. The molecule has 0 aliphatic carbocycles. The Morgan fingerprint density at radius 3 is 2.60 bits per heavy atom. The van der Waals surface area contributed by atoms with Gasteiger partial charge in [0.2, 0.25) is 0 Å². The van der Waals surface area contributed by atoms with Gasteiger partial charge in [-0.1, -0.05) is 19.9 Å². The van der Waals surface area contributed by atoms with Crippen molar-refractivity contribution in [1.29, 1.82) is 0 Å². The molecule has 0 atom stereocenters. The Morgan fingerprint density at radius 1 is 1.20 bits per heavy atom. The summed E-state index contributed by atoms with van der Waals surface area (Å²) in [6.45, 7) is 8.84. The lowest BCUT2D eigenvalue weighted by atomic mass is 10.1. The van der Waals surface area contributed by atoms with Crippen molar-refractivity contribution in [3.05, 3.63) is 23.4 Å². The van der Waals surface area contributed by atoms with E-state index >= 15 is 0 Å². The Bertz CT molecular complexity index is 348. The summed E-state index contributed by atoms with van der Waals surface area (Å²) in [6.07, 6.45) is 3.38. The number of ether oxygens (including phenoxy) is 1. The lowest BCUT2D eigenvalue weighted by molar-refractivity contribution is 0.199. The van der Waals surface area contributed by atoms with Gasteiger partial charge in [-0.25, -0.2) is 4.98 Å². The van der Waals surface area contributed by atoms with Crippen molar-refractivity contribution < 1.29 is 6.16 Å². The van der Waals surface area contributed by atoms with Crippen molar-refractivity contribution in [2.75, 3.05) is 39.2 Å². The van der Waals surface area contributed by atoms with Crippen LogP contribution in [0.2, 0.25) is 0 Å². The van der Waals surface area contributed by atoms with E-state index in [1.54, 1.807) is 7.11 Å². The Morgan fingerprint density at radius 2 is 1.95 bits per heavy atom. The van der Waals surface area contributed by atoms with Crippen molar-refractivity contribution >= 4 is 5.82 Å². The second-order valence-corrected chi connectivity index (χ2v) is 4.42. The lowest BCUT2D eigenvalue weighted by Gasteiger charge is -2.07. The molecule has 4 heteroatoms. The van der Waals surface area contributed by atoms with Gasteiger partial charge in [-0.2, -0.15) is 0 Å². The number of unbranched alkanes of at least 4 members (excludes halogenated alkanes) is 1. The van der Waals surface area contributed by atoms with Crippen LogP contribution in [0.1, 0.15) is 39.4 Å². The summed E-state index contributed by atoms with van der Waals surface area (Å²) < 4.78 is 4.97. The molecule has 0 spiro atoms. The summed E-state index contributed by atoms with van der Waals surface area (Å²) in [5, 5.41) is 6.47. The molecule has 0 aliphatic heterocycles. The van der Waals surface area contributed by atoms with E-state index in [9.17, 15) is 0 Å². The van der Waals surface area contributed by atoms with Crippen LogP contribution in [0.25, 0.3) is 0 Å². The van der Waals surface area contributed by atoms with Gasteiger partial charge in [0.1, 0.15) is 5.82 Å². The molecule has 0 aromatic carbocycles. The van der Waals surface area contributed by atoms with Crippen LogP contribution < -0.4 is 10.6 Å². The highest BCUT2D eigenvalue weighted by atomic mass is 16.5. The third-order valence-corrected chi connectivity index (χ3v) is 2.91. The summed E-state index contributed by atoms with van der Waals surface area (Å²) >= 11 is 0. The standard InChI is InChI=1S/C14H25N3O.C2H6.H2/c1-12-7-8-13(17-14(12)15-2)6-4-5-9-16-10-11-18-3;1-2;/h7-8,16H,4-6,9-11H2,1-3H3,(H,15,17);1-2H3;1H. The Kier molecular flexibility index (Phi) is 12.2. The molecule has 1 heterocycles. The van der Waals surface area contributed by atoms with E-state index in [4.69, 9.17) is 4.74 Å². The van der Waals surface area contributed by atoms with Crippen LogP contribution in [0.5, 0.6) is 0 Å². The molecule has 0 aliphatic rings. The molecule has 1 rings (SSSR count). The van der Waals surface area contributed by atoms with Gasteiger partial charge in [-0.05, 0) is 44.4 Å². The molecular formula is C16H33N3O. The van der Waals surface area contributed by atoms with Crippen LogP contribution in [0.3, 0.4) is 0 Å². The van der Waals surface area contributed by atoms with E-state index in [-0.39, 0.29) is 1.43 Å². The molecule has 1 aromatic heterocycles. The molecule has 20 heavy (non-hydrogen) atoms. The van der Waals surface area contributed by atoms with E-state index in [1.165, 1.54) is 24.1 Å². The summed E-state index contributed by atoms with van der Waals surface area (Å²) in [5.41, 5.74) is 2.37. The molecule has 0 saturated heterocycles. The van der Waals surface area contributed by atoms with Gasteiger partial charge in [0.15, 0.2) is 0 Å². The van der Waals surface area contributed by atoms with E-state index in [1.807, 2.05) is 20.9 Å². The van der Waals surface area contributed by atoms with Crippen molar-refractivity contribution in [3.63, 3.8) is 0 Å². The van der Waals surface area contributed by atoms with Crippen LogP contribution in [0.15, 0.2) is 12.1 Å². The monoisotopic (exact) mass is 283 g/mol. The van der Waals surface area contributed by atoms with Crippen molar-refractivity contribution in [2.45, 2.75) is 40.0 Å². The van der Waals surface area contributed by atoms with E-state index in [2.05, 4.69) is 34.7 Å². The lowest BCUT2D eigenvalue weighted by Crippen LogP contribution is -2.20. The van der Waals surface area contributed by atoms with Gasteiger partial charge in [0.05, 0.1) is 6.61 Å². The number of hydrogen-bond donors (Lipinski definition) is 2. The van der Waals surface area contributed by atoms with Gasteiger partial charge in [-0.15, -0.1) is 0 Å². The minimum absolute atomic E-state index is 0. The molecule has 0 bridgehead atoms. The van der Waals surface area contributed by atoms with Crippen LogP contribution in [-0.4, -0.2) is 38.8 Å². The molecule has 1 aromatic rings. The second kappa shape index (κ2) is 12.9. The molecular weight excluding hydrogens is 250 g/mol. The molecule has 0 fully saturated rings. The van der Waals surface area contributed by atoms with Crippen molar-refractivity contribution in [2.24, 2.45) is 0 Å². The van der Waals surface area contributed by atoms with Crippen molar-refractivity contribution in [3.8, 4) is 0 Å². The highest BCUT2D eigenvalue weighted by molar-refractivity contribution is 5.43. The smallest absolute Gasteiger partial charge is 0.128 e. The van der Waals surface area contributed by atoms with Crippen LogP contribution in [-0.2, 0) is 11.2 Å². The SMILES string of the molecule is CC.CNc1nc(CCCCNCCOC)ccc1C.[HH]. The number of methoxy groups -OCH3 is 1. The maximum Gasteiger partial charge on any atom is 0.128 e. The van der Waals surface area contributed by atoms with E-state index in [0.717, 1.165) is 31.9 Å². The number of rotatable bonds is 9. The second-order valence-electron chi connectivity index (χ2n) is 4.42. The number of hydrogen-bond acceptors (Lipinski definition) is 4. The zero-order chi connectivity index (χ0) is 15.2. The fraction of sp³-hybridized carbons (Fsp3) is 0.688. The summed E-state index contributed by atoms with van der Waals surface area (Å²) in [4.78, 5) is 4.59. The summed E-state index contributed by atoms with van der Waals surface area (Å²) in [5.74, 6) is 0.991. The third-order valence-electron chi connectivity index (χ3n) is 2.91. The highest BCUT2D eigenvalue weighted by Crippen LogP contribution is 2.12. The van der Waals surface area contributed by atoms with Gasteiger partial charge in [-0.3, -0.25) is 0 Å². The molecule has 0 amide bonds. The molecule has 118 valence electrons. The largest absolute Gasteiger partial charge is 0.383 e. The summed E-state index contributed by atoms with van der Waals surface area (Å²) in [7, 11) is 3.64. The quantitative estimate of drug-likeness (QED) is 0.683. The number of anilines is 1. The Labute approximate surface area is 125 Å². The van der Waals surface area contributed by atoms with Crippen LogP contribution in [0.4, 0.5) is 5.82 Å². The number of pyridine rings is 1. The van der Waals surface area contributed by atoms with Gasteiger partial charge in [0, 0.05) is 27.8 Å². The maximum atomic E-state index is 4.97. The first-order valence-electron chi connectivity index (χ1n) is 7.62. The molecule has 4 nitrogen and oxygen atoms in total. The molecule has 0 unspecified atom stereocenters. The van der Waals surface area contributed by atoms with Gasteiger partial charge < -0.3 is 15.4 Å². The minimum atomic E-state index is 0. The predicted molar refractivity (Wildman–Crippen MR) is 89.7 cm³/mol. The number of aromatic nitrogens is 1. The molecule has 0 saturated carbocycles. The average molecular weight is 283 g/mol. The Hall–Kier alpha value is -1.13. The molecule has 2 N–H and O–H groups in total. The van der Waals surface area contributed by atoms with Crippen LogP contribution in [0, 0.1) is 6.92 Å². The zero-order valence-corrected chi connectivity index (χ0v) is 13.8. The van der Waals surface area contributed by atoms with E-state index in [0.29, 0.717) is 0 Å². The van der Waals surface area contributed by atoms with Crippen LogP contribution >= 0.6 is 0 Å². The molecule has 0 radical (unpaired) electrons. The number of aryl methyl sites for hydroxylation is 2. The topological polar surface area (TPSA) is 46.2 Å². The first-order chi connectivity index (χ1) is 9.77. The highest BCUT2D eigenvalue weighted by Gasteiger charge is 2.00. The third kappa shape index (κ3) is 8.12. The van der Waals surface area contributed by atoms with E-state index < -0.39 is 0 Å². The Balaban J connectivity index is 0. The summed E-state index contributed by atoms with van der Waals surface area (Å²) in [6, 6.07) is 4.25.